The molecule has 1 amide bonds. The molecule has 0 radical (unpaired) electrons. The Kier molecular flexibility index (Phi) is 3.03. The molecule has 1 aromatic rings. The number of carbonyl (C=O) groups is 1. The van der Waals surface area contributed by atoms with E-state index in [4.69, 9.17) is 0 Å². The summed E-state index contributed by atoms with van der Waals surface area (Å²) in [5.41, 5.74) is 6.70. The average molecular weight is 179 g/mol. The largest absolute Gasteiger partial charge is 0.350 e. The summed E-state index contributed by atoms with van der Waals surface area (Å²) >= 11 is 0. The van der Waals surface area contributed by atoms with Gasteiger partial charge in [-0.05, 0) is 31.0 Å². The molecule has 13 heavy (non-hydrogen) atoms. The van der Waals surface area contributed by atoms with Gasteiger partial charge in [-0.15, -0.1) is 0 Å². The third-order valence-electron chi connectivity index (χ3n) is 2.11. The van der Waals surface area contributed by atoms with E-state index in [0.717, 1.165) is 11.3 Å². The molecule has 0 saturated carbocycles. The molecular weight excluding hydrogens is 164 g/mol. The maximum absolute atomic E-state index is 11.1. The van der Waals surface area contributed by atoms with Crippen molar-refractivity contribution < 1.29 is 10.5 Å². The number of anilines is 1. The van der Waals surface area contributed by atoms with Crippen molar-refractivity contribution in [2.75, 3.05) is 11.9 Å². The van der Waals surface area contributed by atoms with Crippen LogP contribution < -0.4 is 11.1 Å². The summed E-state index contributed by atoms with van der Waals surface area (Å²) < 4.78 is 0. The number of amides is 1. The molecule has 0 bridgehead atoms. The molecule has 3 heteroatoms. The zero-order chi connectivity index (χ0) is 9.84. The second kappa shape index (κ2) is 4.05. The fraction of sp³-hybridized carbons (Fsp3) is 0.300. The number of benzene rings is 1. The molecule has 0 aliphatic rings. The summed E-state index contributed by atoms with van der Waals surface area (Å²) in [6.45, 7) is 4.29. The van der Waals surface area contributed by atoms with Crippen molar-refractivity contribution in [3.63, 3.8) is 0 Å². The Morgan fingerprint density at radius 2 is 2.15 bits per heavy atom. The van der Waals surface area contributed by atoms with Crippen LogP contribution >= 0.6 is 0 Å². The normalized spacial score (nSPS) is 9.77. The summed E-state index contributed by atoms with van der Waals surface area (Å²) in [6, 6.07) is 5.85. The van der Waals surface area contributed by atoms with Crippen LogP contribution in [0.4, 0.5) is 5.69 Å². The predicted octanol–water partition coefficient (Wildman–Crippen LogP) is 0.484. The van der Waals surface area contributed by atoms with Crippen molar-refractivity contribution in [1.82, 2.24) is 0 Å². The number of carbonyl (C=O) groups excluding carboxylic acids is 1. The molecule has 3 nitrogen and oxygen atoms in total. The molecular formula is C10H15N2O+. The number of quaternary nitrogens is 1. The van der Waals surface area contributed by atoms with Gasteiger partial charge in [-0.2, -0.15) is 0 Å². The Balaban J connectivity index is 2.89. The number of hydrogen-bond acceptors (Lipinski definition) is 1. The first-order valence-corrected chi connectivity index (χ1v) is 4.30. The van der Waals surface area contributed by atoms with Crippen LogP contribution in [0.1, 0.15) is 11.1 Å². The first kappa shape index (κ1) is 9.74. The zero-order valence-electron chi connectivity index (χ0n) is 8.05. The summed E-state index contributed by atoms with van der Waals surface area (Å²) in [5, 5.41) is 2.80. The highest BCUT2D eigenvalue weighted by Crippen LogP contribution is 2.17. The van der Waals surface area contributed by atoms with Crippen molar-refractivity contribution in [2.45, 2.75) is 13.8 Å². The van der Waals surface area contributed by atoms with Gasteiger partial charge in [-0.1, -0.05) is 12.1 Å². The van der Waals surface area contributed by atoms with Crippen LogP contribution in [0.3, 0.4) is 0 Å². The number of aryl methyl sites for hydroxylation is 1. The van der Waals surface area contributed by atoms with Crippen molar-refractivity contribution in [1.29, 1.82) is 0 Å². The van der Waals surface area contributed by atoms with E-state index < -0.39 is 0 Å². The van der Waals surface area contributed by atoms with Crippen LogP contribution in [-0.4, -0.2) is 12.5 Å². The summed E-state index contributed by atoms with van der Waals surface area (Å²) in [4.78, 5) is 11.1. The Morgan fingerprint density at radius 1 is 1.46 bits per heavy atom. The van der Waals surface area contributed by atoms with E-state index in [1.807, 2.05) is 32.0 Å². The van der Waals surface area contributed by atoms with E-state index in [9.17, 15) is 4.79 Å². The number of hydrogen-bond donors (Lipinski definition) is 2. The lowest BCUT2D eigenvalue weighted by Crippen LogP contribution is -2.55. The summed E-state index contributed by atoms with van der Waals surface area (Å²) in [7, 11) is 0. The monoisotopic (exact) mass is 179 g/mol. The Labute approximate surface area is 77.9 Å². The van der Waals surface area contributed by atoms with Crippen LogP contribution in [-0.2, 0) is 4.79 Å². The van der Waals surface area contributed by atoms with Gasteiger partial charge in [0, 0.05) is 5.69 Å². The molecule has 0 saturated heterocycles. The summed E-state index contributed by atoms with van der Waals surface area (Å²) in [6.07, 6.45) is 0. The zero-order valence-corrected chi connectivity index (χ0v) is 8.05. The topological polar surface area (TPSA) is 56.7 Å². The van der Waals surface area contributed by atoms with E-state index in [-0.39, 0.29) is 12.5 Å². The van der Waals surface area contributed by atoms with E-state index in [0.29, 0.717) is 0 Å². The van der Waals surface area contributed by atoms with Gasteiger partial charge in [0.25, 0.3) is 5.91 Å². The molecule has 70 valence electrons. The molecule has 1 aromatic carbocycles. The fourth-order valence-corrected chi connectivity index (χ4v) is 1.10. The minimum absolute atomic E-state index is 0.0475. The van der Waals surface area contributed by atoms with Crippen LogP contribution in [0, 0.1) is 13.8 Å². The SMILES string of the molecule is Cc1cccc(NC(=O)C[NH3+])c1C. The van der Waals surface area contributed by atoms with Crippen LogP contribution in [0.5, 0.6) is 0 Å². The van der Waals surface area contributed by atoms with Crippen LogP contribution in [0.2, 0.25) is 0 Å². The van der Waals surface area contributed by atoms with Crippen LogP contribution in [0.25, 0.3) is 0 Å². The minimum Gasteiger partial charge on any atom is -0.350 e. The second-order valence-corrected chi connectivity index (χ2v) is 3.05. The van der Waals surface area contributed by atoms with Gasteiger partial charge < -0.3 is 11.1 Å². The van der Waals surface area contributed by atoms with E-state index in [1.54, 1.807) is 0 Å². The van der Waals surface area contributed by atoms with E-state index in [1.165, 1.54) is 5.56 Å². The van der Waals surface area contributed by atoms with E-state index >= 15 is 0 Å². The molecule has 1 rings (SSSR count). The van der Waals surface area contributed by atoms with Gasteiger partial charge in [0.15, 0.2) is 6.54 Å². The Hall–Kier alpha value is -1.35. The lowest BCUT2D eigenvalue weighted by molar-refractivity contribution is -0.353. The average Bonchev–Trinajstić information content (AvgIpc) is 2.13. The first-order valence-electron chi connectivity index (χ1n) is 4.30. The van der Waals surface area contributed by atoms with E-state index in [2.05, 4.69) is 11.1 Å². The molecule has 0 aliphatic carbocycles. The molecule has 0 atom stereocenters. The number of nitrogens with one attached hydrogen (secondary N) is 1. The minimum atomic E-state index is -0.0475. The molecule has 0 aromatic heterocycles. The molecule has 0 heterocycles. The smallest absolute Gasteiger partial charge is 0.279 e. The quantitative estimate of drug-likeness (QED) is 0.681. The fourth-order valence-electron chi connectivity index (χ4n) is 1.10. The van der Waals surface area contributed by atoms with Crippen molar-refractivity contribution >= 4 is 11.6 Å². The van der Waals surface area contributed by atoms with Crippen LogP contribution in [0.15, 0.2) is 18.2 Å². The maximum Gasteiger partial charge on any atom is 0.279 e. The van der Waals surface area contributed by atoms with Gasteiger partial charge in [0.05, 0.1) is 0 Å². The molecule has 0 aliphatic heterocycles. The second-order valence-electron chi connectivity index (χ2n) is 3.05. The van der Waals surface area contributed by atoms with Gasteiger partial charge in [-0.25, -0.2) is 0 Å². The highest BCUT2D eigenvalue weighted by atomic mass is 16.1. The van der Waals surface area contributed by atoms with Crippen molar-refractivity contribution in [2.24, 2.45) is 0 Å². The molecule has 0 unspecified atom stereocenters. The third kappa shape index (κ3) is 2.29. The number of rotatable bonds is 2. The van der Waals surface area contributed by atoms with Gasteiger partial charge in [0.2, 0.25) is 0 Å². The highest BCUT2D eigenvalue weighted by molar-refractivity contribution is 5.92. The standard InChI is InChI=1S/C10H14N2O/c1-7-4-3-5-9(8(7)2)12-10(13)6-11/h3-5H,6,11H2,1-2H3,(H,12,13)/p+1. The van der Waals surface area contributed by atoms with Gasteiger partial charge in [-0.3, -0.25) is 4.79 Å². The molecule has 0 spiro atoms. The Morgan fingerprint density at radius 3 is 2.77 bits per heavy atom. The molecule has 4 N–H and O–H groups in total. The van der Waals surface area contributed by atoms with Crippen molar-refractivity contribution in [3.8, 4) is 0 Å². The molecule has 0 fully saturated rings. The summed E-state index contributed by atoms with van der Waals surface area (Å²) in [5.74, 6) is -0.0475. The first-order chi connectivity index (χ1) is 6.15. The highest BCUT2D eigenvalue weighted by Gasteiger charge is 2.04. The van der Waals surface area contributed by atoms with Gasteiger partial charge >= 0.3 is 0 Å². The van der Waals surface area contributed by atoms with Crippen molar-refractivity contribution in [3.05, 3.63) is 29.3 Å². The Bertz CT molecular complexity index is 321. The van der Waals surface area contributed by atoms with Gasteiger partial charge in [0.1, 0.15) is 0 Å². The maximum atomic E-state index is 11.1. The lowest BCUT2D eigenvalue weighted by Gasteiger charge is -2.08. The third-order valence-corrected chi connectivity index (χ3v) is 2.11. The lowest BCUT2D eigenvalue weighted by atomic mass is 10.1. The predicted molar refractivity (Wildman–Crippen MR) is 52.3 cm³/mol.